The minimum atomic E-state index is -1.60. The summed E-state index contributed by atoms with van der Waals surface area (Å²) in [5.74, 6) is 1.64. The van der Waals surface area contributed by atoms with Gasteiger partial charge in [-0.3, -0.25) is 0 Å². The SMILES string of the molecule is COC(O[Si](C)(C)C)=C1CC2CCC1(C)C2(C)C. The number of allylic oxidation sites excluding steroid dienone is 1. The zero-order valence-electron chi connectivity index (χ0n) is 13.0. The molecule has 2 aliphatic carbocycles. The molecule has 0 saturated heterocycles. The van der Waals surface area contributed by atoms with Crippen LogP contribution in [0, 0.1) is 16.7 Å². The maximum Gasteiger partial charge on any atom is 0.264 e. The predicted octanol–water partition coefficient (Wildman–Crippen LogP) is 4.54. The number of fused-ring (bicyclic) bond motifs is 2. The molecule has 0 spiro atoms. The summed E-state index contributed by atoms with van der Waals surface area (Å²) < 4.78 is 11.8. The van der Waals surface area contributed by atoms with E-state index in [9.17, 15) is 0 Å². The van der Waals surface area contributed by atoms with E-state index in [2.05, 4.69) is 40.4 Å². The lowest BCUT2D eigenvalue weighted by molar-refractivity contribution is 0.119. The summed E-state index contributed by atoms with van der Waals surface area (Å²) in [7, 11) is 0.156. The van der Waals surface area contributed by atoms with Gasteiger partial charge in [-0.1, -0.05) is 20.8 Å². The molecule has 0 amide bonds. The first kappa shape index (κ1) is 14.0. The third-order valence-electron chi connectivity index (χ3n) is 5.38. The molecular formula is C15H28O2Si. The highest BCUT2D eigenvalue weighted by atomic mass is 28.4. The molecule has 2 atom stereocenters. The van der Waals surface area contributed by atoms with Gasteiger partial charge in [0.25, 0.3) is 5.95 Å². The number of hydrogen-bond acceptors (Lipinski definition) is 2. The van der Waals surface area contributed by atoms with Crippen molar-refractivity contribution in [3.63, 3.8) is 0 Å². The second-order valence-electron chi connectivity index (χ2n) is 7.68. The van der Waals surface area contributed by atoms with Gasteiger partial charge in [-0.15, -0.1) is 0 Å². The van der Waals surface area contributed by atoms with E-state index >= 15 is 0 Å². The van der Waals surface area contributed by atoms with Gasteiger partial charge in [0.15, 0.2) is 0 Å². The standard InChI is InChI=1S/C15H28O2Si/c1-14(2)11-8-9-15(14,3)12(10-11)13(16-4)17-18(5,6)7/h11H,8-10H2,1-7H3. The van der Waals surface area contributed by atoms with Crippen molar-refractivity contribution in [3.05, 3.63) is 11.5 Å². The van der Waals surface area contributed by atoms with Crippen molar-refractivity contribution < 1.29 is 9.16 Å². The van der Waals surface area contributed by atoms with E-state index in [1.807, 2.05) is 0 Å². The van der Waals surface area contributed by atoms with Crippen LogP contribution in [0.25, 0.3) is 0 Å². The summed E-state index contributed by atoms with van der Waals surface area (Å²) in [6.07, 6.45) is 3.80. The highest BCUT2D eigenvalue weighted by molar-refractivity contribution is 6.70. The Hall–Kier alpha value is -0.443. The molecule has 2 nitrogen and oxygen atoms in total. The van der Waals surface area contributed by atoms with Gasteiger partial charge in [-0.05, 0) is 50.2 Å². The molecule has 2 unspecified atom stereocenters. The molecule has 104 valence electrons. The van der Waals surface area contributed by atoms with Gasteiger partial charge < -0.3 is 9.16 Å². The highest BCUT2D eigenvalue weighted by Crippen LogP contribution is 2.68. The van der Waals surface area contributed by atoms with Crippen LogP contribution in [0.1, 0.15) is 40.0 Å². The predicted molar refractivity (Wildman–Crippen MR) is 77.7 cm³/mol. The van der Waals surface area contributed by atoms with Gasteiger partial charge in [-0.2, -0.15) is 0 Å². The molecule has 3 heteroatoms. The zero-order valence-corrected chi connectivity index (χ0v) is 14.0. The van der Waals surface area contributed by atoms with Crippen molar-refractivity contribution >= 4 is 8.32 Å². The van der Waals surface area contributed by atoms with Crippen LogP contribution in [0.5, 0.6) is 0 Å². The summed E-state index contributed by atoms with van der Waals surface area (Å²) in [6.45, 7) is 13.9. The topological polar surface area (TPSA) is 18.5 Å². The Labute approximate surface area is 113 Å². The summed E-state index contributed by atoms with van der Waals surface area (Å²) in [4.78, 5) is 0. The van der Waals surface area contributed by atoms with E-state index in [1.54, 1.807) is 7.11 Å². The Morgan fingerprint density at radius 1 is 1.22 bits per heavy atom. The van der Waals surface area contributed by atoms with Gasteiger partial charge in [-0.25, -0.2) is 0 Å². The molecule has 2 fully saturated rings. The third kappa shape index (κ3) is 1.91. The molecule has 0 aromatic heterocycles. The van der Waals surface area contributed by atoms with Crippen molar-refractivity contribution in [1.29, 1.82) is 0 Å². The van der Waals surface area contributed by atoms with Crippen molar-refractivity contribution in [1.82, 2.24) is 0 Å². The summed E-state index contributed by atoms with van der Waals surface area (Å²) in [6, 6.07) is 0. The first-order valence-electron chi connectivity index (χ1n) is 7.08. The Morgan fingerprint density at radius 2 is 1.83 bits per heavy atom. The minimum absolute atomic E-state index is 0.267. The molecule has 0 heterocycles. The molecule has 2 rings (SSSR count). The summed E-state index contributed by atoms with van der Waals surface area (Å²) in [5.41, 5.74) is 2.09. The first-order valence-corrected chi connectivity index (χ1v) is 10.5. The Balaban J connectivity index is 2.39. The lowest BCUT2D eigenvalue weighted by Gasteiger charge is -2.36. The van der Waals surface area contributed by atoms with Gasteiger partial charge in [0.2, 0.25) is 8.32 Å². The summed E-state index contributed by atoms with van der Waals surface area (Å²) in [5, 5.41) is 0. The molecule has 0 N–H and O–H groups in total. The maximum atomic E-state index is 6.18. The van der Waals surface area contributed by atoms with Crippen LogP contribution in [0.3, 0.4) is 0 Å². The van der Waals surface area contributed by atoms with Crippen LogP contribution in [0.4, 0.5) is 0 Å². The van der Waals surface area contributed by atoms with E-state index < -0.39 is 8.32 Å². The smallest absolute Gasteiger partial charge is 0.264 e. The van der Waals surface area contributed by atoms with Crippen LogP contribution in [-0.2, 0) is 9.16 Å². The van der Waals surface area contributed by atoms with Crippen LogP contribution < -0.4 is 0 Å². The fourth-order valence-electron chi connectivity index (χ4n) is 3.78. The van der Waals surface area contributed by atoms with Crippen molar-refractivity contribution in [2.45, 2.75) is 59.7 Å². The number of ether oxygens (including phenoxy) is 1. The van der Waals surface area contributed by atoms with E-state index in [4.69, 9.17) is 9.16 Å². The fraction of sp³-hybridized carbons (Fsp3) is 0.867. The lowest BCUT2D eigenvalue weighted by Crippen LogP contribution is -2.31. The molecule has 0 aromatic carbocycles. The number of methoxy groups -OCH3 is 1. The Bertz CT molecular complexity index is 378. The van der Waals surface area contributed by atoms with Crippen LogP contribution in [-0.4, -0.2) is 15.4 Å². The van der Waals surface area contributed by atoms with Gasteiger partial charge in [0.1, 0.15) is 0 Å². The molecule has 0 radical (unpaired) electrons. The average molecular weight is 268 g/mol. The van der Waals surface area contributed by atoms with Gasteiger partial charge >= 0.3 is 0 Å². The molecule has 2 saturated carbocycles. The van der Waals surface area contributed by atoms with Crippen LogP contribution in [0.15, 0.2) is 11.5 Å². The molecule has 18 heavy (non-hydrogen) atoms. The molecule has 2 aliphatic rings. The van der Waals surface area contributed by atoms with Gasteiger partial charge in [0, 0.05) is 11.0 Å². The first-order chi connectivity index (χ1) is 8.12. The van der Waals surface area contributed by atoms with Gasteiger partial charge in [0.05, 0.1) is 7.11 Å². The molecule has 0 aromatic rings. The Kier molecular flexibility index (Phi) is 3.12. The third-order valence-corrected chi connectivity index (χ3v) is 6.18. The fourth-order valence-corrected chi connectivity index (χ4v) is 4.54. The maximum absolute atomic E-state index is 6.18. The normalized spacial score (nSPS) is 36.7. The second kappa shape index (κ2) is 4.02. The monoisotopic (exact) mass is 268 g/mol. The zero-order chi connectivity index (χ0) is 13.8. The molecule has 0 aliphatic heterocycles. The van der Waals surface area contributed by atoms with Crippen molar-refractivity contribution in [2.75, 3.05) is 7.11 Å². The second-order valence-corrected chi connectivity index (χ2v) is 12.1. The average Bonchev–Trinajstić information content (AvgIpc) is 2.56. The largest absolute Gasteiger partial charge is 0.520 e. The lowest BCUT2D eigenvalue weighted by atomic mass is 9.69. The molecular weight excluding hydrogens is 240 g/mol. The highest BCUT2D eigenvalue weighted by Gasteiger charge is 2.60. The van der Waals surface area contributed by atoms with Crippen molar-refractivity contribution in [3.8, 4) is 0 Å². The quantitative estimate of drug-likeness (QED) is 0.552. The minimum Gasteiger partial charge on any atom is -0.520 e. The van der Waals surface area contributed by atoms with E-state index in [-0.39, 0.29) is 5.41 Å². The Morgan fingerprint density at radius 3 is 2.17 bits per heavy atom. The number of rotatable bonds is 3. The van der Waals surface area contributed by atoms with Crippen molar-refractivity contribution in [2.24, 2.45) is 16.7 Å². The van der Waals surface area contributed by atoms with E-state index in [1.165, 1.54) is 18.4 Å². The van der Waals surface area contributed by atoms with E-state index in [0.29, 0.717) is 5.41 Å². The van der Waals surface area contributed by atoms with Crippen LogP contribution in [0.2, 0.25) is 19.6 Å². The summed E-state index contributed by atoms with van der Waals surface area (Å²) >= 11 is 0. The van der Waals surface area contributed by atoms with E-state index in [0.717, 1.165) is 18.3 Å². The van der Waals surface area contributed by atoms with Crippen LogP contribution >= 0.6 is 0 Å². The molecule has 2 bridgehead atoms. The number of hydrogen-bond donors (Lipinski definition) is 0.